The SMILES string of the molecule is CCCCCC(=O)OS(=O)(=O)ON. The summed E-state index contributed by atoms with van der Waals surface area (Å²) in [5, 5.41) is 0. The van der Waals surface area contributed by atoms with Crippen LogP contribution in [0, 0.1) is 0 Å². The lowest BCUT2D eigenvalue weighted by molar-refractivity contribution is -0.134. The molecule has 0 aromatic carbocycles. The van der Waals surface area contributed by atoms with Gasteiger partial charge in [0, 0.05) is 6.42 Å². The molecule has 0 radical (unpaired) electrons. The van der Waals surface area contributed by atoms with Gasteiger partial charge in [-0.2, -0.15) is 18.6 Å². The van der Waals surface area contributed by atoms with Crippen LogP contribution in [0.15, 0.2) is 0 Å². The van der Waals surface area contributed by atoms with E-state index in [2.05, 4.69) is 14.4 Å². The number of nitrogens with two attached hydrogens (primary N) is 1. The zero-order valence-corrected chi connectivity index (χ0v) is 8.17. The number of hydrogen-bond acceptors (Lipinski definition) is 6. The summed E-state index contributed by atoms with van der Waals surface area (Å²) in [4.78, 5) is 10.8. The van der Waals surface area contributed by atoms with Gasteiger partial charge in [-0.3, -0.25) is 4.79 Å². The summed E-state index contributed by atoms with van der Waals surface area (Å²) in [5.41, 5.74) is 0. The fraction of sp³-hybridized carbons (Fsp3) is 0.833. The minimum atomic E-state index is -4.33. The highest BCUT2D eigenvalue weighted by Crippen LogP contribution is 2.02. The molecule has 0 rings (SSSR count). The topological polar surface area (TPSA) is 95.7 Å². The summed E-state index contributed by atoms with van der Waals surface area (Å²) in [5.74, 6) is 3.50. The molecule has 13 heavy (non-hydrogen) atoms. The molecule has 0 heterocycles. The third kappa shape index (κ3) is 6.50. The van der Waals surface area contributed by atoms with Crippen LogP contribution >= 0.6 is 0 Å². The molecule has 0 saturated carbocycles. The minimum Gasteiger partial charge on any atom is -0.324 e. The van der Waals surface area contributed by atoms with Crippen LogP contribution in [0.3, 0.4) is 0 Å². The lowest BCUT2D eigenvalue weighted by Crippen LogP contribution is -2.18. The molecule has 2 N–H and O–H groups in total. The highest BCUT2D eigenvalue weighted by molar-refractivity contribution is 7.82. The minimum absolute atomic E-state index is 0.0520. The monoisotopic (exact) mass is 211 g/mol. The normalized spacial score (nSPS) is 11.2. The van der Waals surface area contributed by atoms with Gasteiger partial charge in [-0.05, 0) is 6.42 Å². The Kier molecular flexibility index (Phi) is 5.60. The number of unbranched alkanes of at least 4 members (excludes halogenated alkanes) is 2. The average Bonchev–Trinajstić information content (AvgIpc) is 2.04. The van der Waals surface area contributed by atoms with E-state index >= 15 is 0 Å². The van der Waals surface area contributed by atoms with Crippen molar-refractivity contribution in [3.63, 3.8) is 0 Å². The quantitative estimate of drug-likeness (QED) is 0.499. The first kappa shape index (κ1) is 12.3. The lowest BCUT2D eigenvalue weighted by atomic mass is 10.2. The summed E-state index contributed by atoms with van der Waals surface area (Å²) in [7, 11) is -4.33. The van der Waals surface area contributed by atoms with E-state index in [0.717, 1.165) is 12.8 Å². The molecule has 0 aromatic rings. The van der Waals surface area contributed by atoms with Crippen molar-refractivity contribution in [3.05, 3.63) is 0 Å². The highest BCUT2D eigenvalue weighted by Gasteiger charge is 2.15. The smallest absolute Gasteiger partial charge is 0.324 e. The van der Waals surface area contributed by atoms with Crippen LogP contribution in [0.4, 0.5) is 0 Å². The van der Waals surface area contributed by atoms with Gasteiger partial charge >= 0.3 is 16.4 Å². The van der Waals surface area contributed by atoms with Crippen molar-refractivity contribution in [3.8, 4) is 0 Å². The summed E-state index contributed by atoms with van der Waals surface area (Å²) < 4.78 is 28.3. The van der Waals surface area contributed by atoms with Gasteiger partial charge in [0.25, 0.3) is 0 Å². The molecular formula is C6H13NO5S. The largest absolute Gasteiger partial charge is 0.467 e. The molecule has 0 aromatic heterocycles. The van der Waals surface area contributed by atoms with E-state index in [1.165, 1.54) is 0 Å². The Morgan fingerprint density at radius 1 is 1.38 bits per heavy atom. The van der Waals surface area contributed by atoms with Crippen LogP contribution in [0.5, 0.6) is 0 Å². The molecule has 0 aliphatic carbocycles. The van der Waals surface area contributed by atoms with Crippen LogP contribution in [-0.4, -0.2) is 14.4 Å². The van der Waals surface area contributed by atoms with Crippen LogP contribution in [0.2, 0.25) is 0 Å². The van der Waals surface area contributed by atoms with Crippen molar-refractivity contribution in [2.24, 2.45) is 5.90 Å². The van der Waals surface area contributed by atoms with Gasteiger partial charge in [0.05, 0.1) is 0 Å². The molecule has 0 saturated heterocycles. The van der Waals surface area contributed by atoms with Crippen LogP contribution in [0.1, 0.15) is 32.6 Å². The molecule has 0 aliphatic rings. The first-order valence-electron chi connectivity index (χ1n) is 3.87. The van der Waals surface area contributed by atoms with Crippen LogP contribution in [0.25, 0.3) is 0 Å². The molecule has 0 aliphatic heterocycles. The number of carbonyl (C=O) groups excluding carboxylic acids is 1. The molecule has 0 fully saturated rings. The second kappa shape index (κ2) is 5.90. The zero-order valence-electron chi connectivity index (χ0n) is 7.36. The van der Waals surface area contributed by atoms with Gasteiger partial charge in [0.1, 0.15) is 0 Å². The first-order chi connectivity index (χ1) is 6.02. The highest BCUT2D eigenvalue weighted by atomic mass is 32.3. The first-order valence-corrected chi connectivity index (χ1v) is 5.20. The Hall–Kier alpha value is -0.660. The van der Waals surface area contributed by atoms with Gasteiger partial charge in [-0.15, -0.1) is 0 Å². The predicted molar refractivity (Wildman–Crippen MR) is 44.4 cm³/mol. The number of hydrogen-bond donors (Lipinski definition) is 1. The molecule has 6 nitrogen and oxygen atoms in total. The summed E-state index contributed by atoms with van der Waals surface area (Å²) in [6, 6.07) is 0. The molecule has 0 amide bonds. The Bertz CT molecular complexity index is 248. The Balaban J connectivity index is 3.75. The maximum absolute atomic E-state index is 10.8. The van der Waals surface area contributed by atoms with Crippen molar-refractivity contribution >= 4 is 16.4 Å². The standard InChI is InChI=1S/C6H13NO5S/c1-2-3-4-5-6(8)11-13(9,10)12-7/h2-5,7H2,1H3. The van der Waals surface area contributed by atoms with Gasteiger partial charge in [0.15, 0.2) is 0 Å². The molecule has 7 heteroatoms. The van der Waals surface area contributed by atoms with Crippen LogP contribution < -0.4 is 5.90 Å². The third-order valence-corrected chi connectivity index (χ3v) is 1.92. The second-order valence-corrected chi connectivity index (χ2v) is 3.59. The molecule has 0 atom stereocenters. The molecule has 0 bridgehead atoms. The maximum Gasteiger partial charge on any atom is 0.467 e. The van der Waals surface area contributed by atoms with E-state index < -0.39 is 16.4 Å². The maximum atomic E-state index is 10.8. The van der Waals surface area contributed by atoms with Crippen molar-refractivity contribution in [1.29, 1.82) is 0 Å². The van der Waals surface area contributed by atoms with Gasteiger partial charge in [-0.1, -0.05) is 19.8 Å². The third-order valence-electron chi connectivity index (χ3n) is 1.30. The fourth-order valence-corrected chi connectivity index (χ4v) is 1.04. The van der Waals surface area contributed by atoms with Gasteiger partial charge in [-0.25, -0.2) is 0 Å². The molecule has 0 unspecified atom stereocenters. The van der Waals surface area contributed by atoms with Crippen molar-refractivity contribution in [2.75, 3.05) is 0 Å². The zero-order chi connectivity index (χ0) is 10.3. The fourth-order valence-electron chi connectivity index (χ4n) is 0.694. The Labute approximate surface area is 77.3 Å². The van der Waals surface area contributed by atoms with E-state index in [4.69, 9.17) is 0 Å². The average molecular weight is 211 g/mol. The van der Waals surface area contributed by atoms with Crippen molar-refractivity contribution in [2.45, 2.75) is 32.6 Å². The molecule has 0 spiro atoms. The lowest BCUT2D eigenvalue weighted by Gasteiger charge is -2.01. The number of rotatable bonds is 6. The van der Waals surface area contributed by atoms with Crippen molar-refractivity contribution < 1.29 is 21.7 Å². The van der Waals surface area contributed by atoms with E-state index in [0.29, 0.717) is 6.42 Å². The van der Waals surface area contributed by atoms with E-state index in [9.17, 15) is 13.2 Å². The second-order valence-electron chi connectivity index (χ2n) is 2.42. The van der Waals surface area contributed by atoms with Gasteiger partial charge in [0.2, 0.25) is 0 Å². The summed E-state index contributed by atoms with van der Waals surface area (Å²) in [6.45, 7) is 1.96. The van der Waals surface area contributed by atoms with Crippen LogP contribution in [-0.2, 0) is 23.7 Å². The van der Waals surface area contributed by atoms with Crippen molar-refractivity contribution in [1.82, 2.24) is 0 Å². The summed E-state index contributed by atoms with van der Waals surface area (Å²) in [6.07, 6.45) is 2.43. The predicted octanol–water partition coefficient (Wildman–Crippen LogP) is 0.245. The molecular weight excluding hydrogens is 198 g/mol. The molecule has 78 valence electrons. The number of carbonyl (C=O) groups is 1. The Morgan fingerprint density at radius 2 is 2.00 bits per heavy atom. The van der Waals surface area contributed by atoms with E-state index in [1.807, 2.05) is 6.92 Å². The van der Waals surface area contributed by atoms with E-state index in [-0.39, 0.29) is 6.42 Å². The summed E-state index contributed by atoms with van der Waals surface area (Å²) >= 11 is 0. The van der Waals surface area contributed by atoms with E-state index in [1.54, 1.807) is 0 Å². The Morgan fingerprint density at radius 3 is 2.46 bits per heavy atom. The van der Waals surface area contributed by atoms with Gasteiger partial charge < -0.3 is 4.18 Å².